The first-order valence-electron chi connectivity index (χ1n) is 10.2. The third-order valence-electron chi connectivity index (χ3n) is 6.55. The van der Waals surface area contributed by atoms with E-state index in [0.29, 0.717) is 5.56 Å². The van der Waals surface area contributed by atoms with Crippen molar-refractivity contribution in [2.45, 2.75) is 37.8 Å². The van der Waals surface area contributed by atoms with Crippen molar-refractivity contribution in [3.05, 3.63) is 96.9 Å². The van der Waals surface area contributed by atoms with Crippen molar-refractivity contribution >= 4 is 37.9 Å². The van der Waals surface area contributed by atoms with Gasteiger partial charge in [0.25, 0.3) is 0 Å². The molecule has 0 spiro atoms. The van der Waals surface area contributed by atoms with Crippen LogP contribution in [0.15, 0.2) is 69.1 Å². The summed E-state index contributed by atoms with van der Waals surface area (Å²) in [6, 6.07) is 17.4. The van der Waals surface area contributed by atoms with Crippen LogP contribution in [-0.4, -0.2) is 0 Å². The Hall–Kier alpha value is -1.85. The monoisotopic (exact) mass is 546 g/mol. The molecule has 1 unspecified atom stereocenters. The van der Waals surface area contributed by atoms with Gasteiger partial charge in [-0.2, -0.15) is 13.2 Å². The SMILES string of the molecule is CC1=Cc2c(cccc2C(F)(F)F)C1CCC1c2cc(Br)ccc2-c2ccc(Br)cc21. The third-order valence-corrected chi connectivity index (χ3v) is 7.54. The topological polar surface area (TPSA) is 0 Å². The summed E-state index contributed by atoms with van der Waals surface area (Å²) in [5, 5.41) is 0. The van der Waals surface area contributed by atoms with E-state index >= 15 is 0 Å². The van der Waals surface area contributed by atoms with Crippen LogP contribution < -0.4 is 0 Å². The molecule has 2 aliphatic carbocycles. The van der Waals surface area contributed by atoms with E-state index in [4.69, 9.17) is 0 Å². The number of hydrogen-bond acceptors (Lipinski definition) is 0. The number of alkyl halides is 3. The fourth-order valence-corrected chi connectivity index (χ4v) is 5.96. The lowest BCUT2D eigenvalue weighted by atomic mass is 9.84. The first kappa shape index (κ1) is 21.0. The van der Waals surface area contributed by atoms with Gasteiger partial charge in [0.2, 0.25) is 0 Å². The third kappa shape index (κ3) is 3.60. The van der Waals surface area contributed by atoms with Gasteiger partial charge in [0, 0.05) is 20.8 Å². The van der Waals surface area contributed by atoms with Crippen LogP contribution >= 0.6 is 31.9 Å². The van der Waals surface area contributed by atoms with E-state index in [1.807, 2.05) is 13.0 Å². The number of rotatable bonds is 3. The van der Waals surface area contributed by atoms with E-state index in [1.54, 1.807) is 6.08 Å². The molecular formula is C26H19Br2F3. The molecular weight excluding hydrogens is 529 g/mol. The van der Waals surface area contributed by atoms with Crippen molar-refractivity contribution in [2.75, 3.05) is 0 Å². The Kier molecular flexibility index (Phi) is 5.17. The largest absolute Gasteiger partial charge is 0.416 e. The first-order valence-corrected chi connectivity index (χ1v) is 11.8. The molecule has 3 aromatic rings. The van der Waals surface area contributed by atoms with E-state index in [1.165, 1.54) is 34.4 Å². The highest BCUT2D eigenvalue weighted by Crippen LogP contribution is 2.51. The highest BCUT2D eigenvalue weighted by atomic mass is 79.9. The average molecular weight is 548 g/mol. The second kappa shape index (κ2) is 7.63. The predicted octanol–water partition coefficient (Wildman–Crippen LogP) is 9.32. The van der Waals surface area contributed by atoms with Gasteiger partial charge in [-0.25, -0.2) is 0 Å². The Morgan fingerprint density at radius 1 is 0.774 bits per heavy atom. The molecule has 0 radical (unpaired) electrons. The molecule has 158 valence electrons. The molecule has 0 bridgehead atoms. The number of hydrogen-bond donors (Lipinski definition) is 0. The highest BCUT2D eigenvalue weighted by Gasteiger charge is 2.37. The molecule has 0 N–H and O–H groups in total. The maximum absolute atomic E-state index is 13.5. The van der Waals surface area contributed by atoms with Gasteiger partial charge >= 0.3 is 6.18 Å². The van der Waals surface area contributed by atoms with E-state index in [-0.39, 0.29) is 11.8 Å². The smallest absolute Gasteiger partial charge is 0.166 e. The summed E-state index contributed by atoms with van der Waals surface area (Å²) in [7, 11) is 0. The Morgan fingerprint density at radius 2 is 1.35 bits per heavy atom. The minimum Gasteiger partial charge on any atom is -0.166 e. The van der Waals surface area contributed by atoms with Crippen LogP contribution in [0, 0.1) is 0 Å². The van der Waals surface area contributed by atoms with E-state index in [0.717, 1.165) is 32.9 Å². The fourth-order valence-electron chi connectivity index (χ4n) is 5.20. The Labute approximate surface area is 196 Å². The van der Waals surface area contributed by atoms with Gasteiger partial charge in [0.15, 0.2) is 0 Å². The number of allylic oxidation sites excluding steroid dienone is 1. The van der Waals surface area contributed by atoms with Crippen LogP contribution in [-0.2, 0) is 6.18 Å². The molecule has 0 saturated carbocycles. The minimum absolute atomic E-state index is 0.0177. The molecule has 0 heterocycles. The molecule has 1 atom stereocenters. The molecule has 5 heteroatoms. The Balaban J connectivity index is 1.49. The quantitative estimate of drug-likeness (QED) is 0.306. The van der Waals surface area contributed by atoms with Crippen molar-refractivity contribution in [3.63, 3.8) is 0 Å². The Morgan fingerprint density at radius 3 is 1.94 bits per heavy atom. The van der Waals surface area contributed by atoms with Crippen LogP contribution in [0.2, 0.25) is 0 Å². The second-order valence-corrected chi connectivity index (χ2v) is 10.2. The van der Waals surface area contributed by atoms with Gasteiger partial charge < -0.3 is 0 Å². The molecule has 5 rings (SSSR count). The number of benzene rings is 3. The van der Waals surface area contributed by atoms with E-state index < -0.39 is 11.7 Å². The molecule has 31 heavy (non-hydrogen) atoms. The van der Waals surface area contributed by atoms with Gasteiger partial charge in [-0.05, 0) is 83.5 Å². The first-order chi connectivity index (χ1) is 14.7. The van der Waals surface area contributed by atoms with Crippen molar-refractivity contribution < 1.29 is 13.2 Å². The number of halogens is 5. The molecule has 0 amide bonds. The van der Waals surface area contributed by atoms with Gasteiger partial charge in [-0.15, -0.1) is 0 Å². The summed E-state index contributed by atoms with van der Waals surface area (Å²) < 4.78 is 42.6. The maximum atomic E-state index is 13.5. The normalized spacial score (nSPS) is 17.4. The van der Waals surface area contributed by atoms with Crippen LogP contribution in [0.3, 0.4) is 0 Å². The van der Waals surface area contributed by atoms with Gasteiger partial charge in [0.05, 0.1) is 5.56 Å². The van der Waals surface area contributed by atoms with Crippen molar-refractivity contribution in [1.82, 2.24) is 0 Å². The minimum atomic E-state index is -4.33. The molecule has 0 saturated heterocycles. The molecule has 0 aliphatic heterocycles. The van der Waals surface area contributed by atoms with Crippen LogP contribution in [0.5, 0.6) is 0 Å². The van der Waals surface area contributed by atoms with E-state index in [9.17, 15) is 13.2 Å². The lowest BCUT2D eigenvalue weighted by Crippen LogP contribution is -2.09. The second-order valence-electron chi connectivity index (χ2n) is 8.34. The summed E-state index contributed by atoms with van der Waals surface area (Å²) in [6.07, 6.45) is -0.927. The zero-order valence-electron chi connectivity index (χ0n) is 16.7. The standard InChI is InChI=1S/C26H19Br2F3/c1-14-11-24-18(3-2-4-25(24)26(29,30)31)17(14)9-10-21-22-12-15(27)5-7-19(22)20-8-6-16(28)13-23(20)21/h2-8,11-13,17,21H,9-10H2,1H3. The zero-order valence-corrected chi connectivity index (χ0v) is 19.9. The summed E-state index contributed by atoms with van der Waals surface area (Å²) in [4.78, 5) is 0. The zero-order chi connectivity index (χ0) is 21.9. The van der Waals surface area contributed by atoms with Gasteiger partial charge in [-0.3, -0.25) is 0 Å². The van der Waals surface area contributed by atoms with Gasteiger partial charge in [0.1, 0.15) is 0 Å². The molecule has 0 fully saturated rings. The summed E-state index contributed by atoms with van der Waals surface area (Å²) >= 11 is 7.20. The lowest BCUT2D eigenvalue weighted by Gasteiger charge is -2.20. The van der Waals surface area contributed by atoms with Crippen LogP contribution in [0.1, 0.15) is 59.4 Å². The van der Waals surface area contributed by atoms with E-state index in [2.05, 4.69) is 68.3 Å². The molecule has 3 aromatic carbocycles. The predicted molar refractivity (Wildman–Crippen MR) is 126 cm³/mol. The number of fused-ring (bicyclic) bond motifs is 4. The summed E-state index contributed by atoms with van der Waals surface area (Å²) in [6.45, 7) is 1.95. The molecule has 0 aromatic heterocycles. The highest BCUT2D eigenvalue weighted by molar-refractivity contribution is 9.10. The van der Waals surface area contributed by atoms with Crippen molar-refractivity contribution in [3.8, 4) is 11.1 Å². The van der Waals surface area contributed by atoms with Crippen molar-refractivity contribution in [2.24, 2.45) is 0 Å². The van der Waals surface area contributed by atoms with Crippen LogP contribution in [0.25, 0.3) is 17.2 Å². The molecule has 2 aliphatic rings. The van der Waals surface area contributed by atoms with Crippen LogP contribution in [0.4, 0.5) is 13.2 Å². The Bertz CT molecular complexity index is 1170. The lowest BCUT2D eigenvalue weighted by molar-refractivity contribution is -0.137. The van der Waals surface area contributed by atoms with Crippen molar-refractivity contribution in [1.29, 1.82) is 0 Å². The fraction of sp³-hybridized carbons (Fsp3) is 0.231. The summed E-state index contributed by atoms with van der Waals surface area (Å²) in [5.74, 6) is 0.242. The molecule has 0 nitrogen and oxygen atoms in total. The maximum Gasteiger partial charge on any atom is 0.416 e. The van der Waals surface area contributed by atoms with Gasteiger partial charge in [-0.1, -0.05) is 67.8 Å². The average Bonchev–Trinajstić information content (AvgIpc) is 3.18. The summed E-state index contributed by atoms with van der Waals surface area (Å²) in [5.41, 5.74) is 6.68.